The first kappa shape index (κ1) is 20.0. The molecule has 1 atom stereocenters. The van der Waals surface area contributed by atoms with E-state index in [-0.39, 0.29) is 23.0 Å². The molecule has 1 saturated heterocycles. The number of anilines is 1. The molecule has 8 nitrogen and oxygen atoms in total. The summed E-state index contributed by atoms with van der Waals surface area (Å²) in [5.41, 5.74) is 0.948. The molecule has 28 heavy (non-hydrogen) atoms. The molecular formula is C19H21N3O5S. The van der Waals surface area contributed by atoms with Gasteiger partial charge in [0.15, 0.2) is 0 Å². The van der Waals surface area contributed by atoms with Crippen LogP contribution in [0.2, 0.25) is 0 Å². The van der Waals surface area contributed by atoms with E-state index >= 15 is 0 Å². The first-order chi connectivity index (χ1) is 13.3. The molecule has 0 radical (unpaired) electrons. The highest BCUT2D eigenvalue weighted by atomic mass is 32.2. The number of hydrogen-bond donors (Lipinski definition) is 1. The molecular weight excluding hydrogens is 382 g/mol. The van der Waals surface area contributed by atoms with Crippen molar-refractivity contribution in [2.45, 2.75) is 24.7 Å². The molecule has 3 rings (SSSR count). The molecule has 1 heterocycles. The number of nitro groups is 1. The average molecular weight is 403 g/mol. The van der Waals surface area contributed by atoms with Crippen molar-refractivity contribution in [3.63, 3.8) is 0 Å². The summed E-state index contributed by atoms with van der Waals surface area (Å²) >= 11 is 0. The zero-order valence-corrected chi connectivity index (χ0v) is 16.2. The highest BCUT2D eigenvalue weighted by Crippen LogP contribution is 2.26. The number of aryl methyl sites for hydroxylation is 1. The Morgan fingerprint density at radius 2 is 1.93 bits per heavy atom. The highest BCUT2D eigenvalue weighted by molar-refractivity contribution is 7.89. The van der Waals surface area contributed by atoms with Crippen molar-refractivity contribution in [1.29, 1.82) is 0 Å². The van der Waals surface area contributed by atoms with Gasteiger partial charge in [-0.2, -0.15) is 4.31 Å². The van der Waals surface area contributed by atoms with Gasteiger partial charge in [0.1, 0.15) is 0 Å². The van der Waals surface area contributed by atoms with Crippen LogP contribution in [0, 0.1) is 23.0 Å². The van der Waals surface area contributed by atoms with E-state index < -0.39 is 20.9 Å². The van der Waals surface area contributed by atoms with E-state index in [1.165, 1.54) is 28.6 Å². The maximum atomic E-state index is 12.8. The first-order valence-electron chi connectivity index (χ1n) is 8.90. The molecule has 2 aromatic rings. The Morgan fingerprint density at radius 1 is 1.21 bits per heavy atom. The molecule has 9 heteroatoms. The van der Waals surface area contributed by atoms with E-state index in [4.69, 9.17) is 0 Å². The van der Waals surface area contributed by atoms with Crippen LogP contribution in [-0.4, -0.2) is 36.6 Å². The molecule has 0 bridgehead atoms. The Bertz CT molecular complexity index is 992. The van der Waals surface area contributed by atoms with E-state index in [9.17, 15) is 23.3 Å². The van der Waals surface area contributed by atoms with Gasteiger partial charge in [-0.05, 0) is 37.5 Å². The van der Waals surface area contributed by atoms with Gasteiger partial charge in [0, 0.05) is 25.2 Å². The number of non-ortho nitro benzene ring substituents is 1. The van der Waals surface area contributed by atoms with Crippen LogP contribution >= 0.6 is 0 Å². The zero-order chi connectivity index (χ0) is 20.3. The quantitative estimate of drug-likeness (QED) is 0.610. The van der Waals surface area contributed by atoms with Gasteiger partial charge < -0.3 is 5.32 Å². The first-order valence-corrected chi connectivity index (χ1v) is 10.3. The van der Waals surface area contributed by atoms with Crippen molar-refractivity contribution in [3.05, 3.63) is 64.2 Å². The lowest BCUT2D eigenvalue weighted by Gasteiger charge is -2.31. The van der Waals surface area contributed by atoms with Gasteiger partial charge in [-0.15, -0.1) is 0 Å². The standard InChI is InChI=1S/C19H21N3O5S/c1-14-9-10-16(22(24)25)12-18(14)20-19(23)15-6-5-11-21(13-15)28(26,27)17-7-3-2-4-8-17/h2-4,7-10,12,15H,5-6,11,13H2,1H3,(H,20,23)/t15-/m0/s1. The summed E-state index contributed by atoms with van der Waals surface area (Å²) < 4.78 is 26.9. The lowest BCUT2D eigenvalue weighted by molar-refractivity contribution is -0.384. The minimum atomic E-state index is -3.66. The number of carbonyl (C=O) groups excluding carboxylic acids is 1. The number of nitrogens with zero attached hydrogens (tertiary/aromatic N) is 2. The van der Waals surface area contributed by atoms with E-state index in [0.717, 1.165) is 0 Å². The van der Waals surface area contributed by atoms with Crippen LogP contribution in [0.25, 0.3) is 0 Å². The summed E-state index contributed by atoms with van der Waals surface area (Å²) in [6.45, 7) is 2.18. The van der Waals surface area contributed by atoms with E-state index in [2.05, 4.69) is 5.32 Å². The van der Waals surface area contributed by atoms with Gasteiger partial charge in [0.25, 0.3) is 5.69 Å². The number of carbonyl (C=O) groups is 1. The van der Waals surface area contributed by atoms with Crippen molar-refractivity contribution in [1.82, 2.24) is 4.31 Å². The Kier molecular flexibility index (Phi) is 5.76. The van der Waals surface area contributed by atoms with Crippen LogP contribution in [-0.2, 0) is 14.8 Å². The van der Waals surface area contributed by atoms with Crippen LogP contribution < -0.4 is 5.32 Å². The number of piperidine rings is 1. The van der Waals surface area contributed by atoms with Gasteiger partial charge in [0.2, 0.25) is 15.9 Å². The Hall–Kier alpha value is -2.78. The molecule has 1 aliphatic rings. The number of amides is 1. The van der Waals surface area contributed by atoms with E-state index in [1.54, 1.807) is 31.2 Å². The summed E-state index contributed by atoms with van der Waals surface area (Å²) in [4.78, 5) is 23.3. The van der Waals surface area contributed by atoms with Crippen molar-refractivity contribution in [2.24, 2.45) is 5.92 Å². The predicted octanol–water partition coefficient (Wildman–Crippen LogP) is 2.94. The second-order valence-electron chi connectivity index (χ2n) is 6.76. The molecule has 148 valence electrons. The van der Waals surface area contributed by atoms with Crippen LogP contribution in [0.3, 0.4) is 0 Å². The predicted molar refractivity (Wildman–Crippen MR) is 104 cm³/mol. The molecule has 0 saturated carbocycles. The maximum absolute atomic E-state index is 12.8. The summed E-state index contributed by atoms with van der Waals surface area (Å²) in [6, 6.07) is 12.4. The largest absolute Gasteiger partial charge is 0.325 e. The lowest BCUT2D eigenvalue weighted by atomic mass is 9.98. The summed E-state index contributed by atoms with van der Waals surface area (Å²) in [6.07, 6.45) is 1.12. The number of benzene rings is 2. The minimum absolute atomic E-state index is 0.0804. The van der Waals surface area contributed by atoms with Crippen molar-refractivity contribution < 1.29 is 18.1 Å². The van der Waals surface area contributed by atoms with Gasteiger partial charge >= 0.3 is 0 Å². The summed E-state index contributed by atoms with van der Waals surface area (Å²) in [7, 11) is -3.66. The molecule has 1 aliphatic heterocycles. The maximum Gasteiger partial charge on any atom is 0.271 e. The molecule has 2 aromatic carbocycles. The third-order valence-corrected chi connectivity index (χ3v) is 6.71. The van der Waals surface area contributed by atoms with E-state index in [1.807, 2.05) is 0 Å². The number of nitro benzene ring substituents is 1. The Morgan fingerprint density at radius 3 is 2.61 bits per heavy atom. The Balaban J connectivity index is 1.75. The van der Waals surface area contributed by atoms with Gasteiger partial charge in [-0.1, -0.05) is 24.3 Å². The highest BCUT2D eigenvalue weighted by Gasteiger charge is 2.33. The summed E-state index contributed by atoms with van der Waals surface area (Å²) in [5, 5.41) is 13.7. The number of rotatable bonds is 5. The second-order valence-corrected chi connectivity index (χ2v) is 8.70. The molecule has 1 fully saturated rings. The lowest BCUT2D eigenvalue weighted by Crippen LogP contribution is -2.43. The fraction of sp³-hybridized carbons (Fsp3) is 0.316. The SMILES string of the molecule is Cc1ccc([N+](=O)[O-])cc1NC(=O)[C@H]1CCCN(S(=O)(=O)c2ccccc2)C1. The summed E-state index contributed by atoms with van der Waals surface area (Å²) in [5.74, 6) is -0.859. The third kappa shape index (κ3) is 4.20. The average Bonchev–Trinajstić information content (AvgIpc) is 2.70. The molecule has 0 spiro atoms. The van der Waals surface area contributed by atoms with Crippen molar-refractivity contribution in [3.8, 4) is 0 Å². The minimum Gasteiger partial charge on any atom is -0.325 e. The van der Waals surface area contributed by atoms with Crippen LogP contribution in [0.1, 0.15) is 18.4 Å². The fourth-order valence-corrected chi connectivity index (χ4v) is 4.75. The monoisotopic (exact) mass is 403 g/mol. The van der Waals surface area contributed by atoms with Crippen LogP contribution in [0.5, 0.6) is 0 Å². The zero-order valence-electron chi connectivity index (χ0n) is 15.4. The van der Waals surface area contributed by atoms with E-state index in [0.29, 0.717) is 30.6 Å². The number of hydrogen-bond acceptors (Lipinski definition) is 5. The van der Waals surface area contributed by atoms with Gasteiger partial charge in [0.05, 0.1) is 21.4 Å². The molecule has 0 aliphatic carbocycles. The van der Waals surface area contributed by atoms with Gasteiger partial charge in [-0.3, -0.25) is 14.9 Å². The van der Waals surface area contributed by atoms with Crippen molar-refractivity contribution in [2.75, 3.05) is 18.4 Å². The molecule has 1 N–H and O–H groups in total. The van der Waals surface area contributed by atoms with Crippen LogP contribution in [0.15, 0.2) is 53.4 Å². The normalized spacial score (nSPS) is 17.8. The molecule has 0 aromatic heterocycles. The Labute approximate surface area is 163 Å². The molecule has 1 amide bonds. The van der Waals surface area contributed by atoms with Crippen molar-refractivity contribution >= 4 is 27.3 Å². The topological polar surface area (TPSA) is 110 Å². The fourth-order valence-electron chi connectivity index (χ4n) is 3.21. The third-order valence-electron chi connectivity index (χ3n) is 4.83. The van der Waals surface area contributed by atoms with Gasteiger partial charge in [-0.25, -0.2) is 8.42 Å². The molecule has 0 unspecified atom stereocenters. The second kappa shape index (κ2) is 8.07. The van der Waals surface area contributed by atoms with Crippen LogP contribution in [0.4, 0.5) is 11.4 Å². The number of sulfonamides is 1. The smallest absolute Gasteiger partial charge is 0.271 e. The number of nitrogens with one attached hydrogen (secondary N) is 1.